The SMILES string of the molecule is CCOC1CC(NC(C)c2cccc(OC(C)C)c2)C1. The maximum absolute atomic E-state index is 5.75. The highest BCUT2D eigenvalue weighted by atomic mass is 16.5. The third-order valence-corrected chi connectivity index (χ3v) is 3.71. The molecule has 3 nitrogen and oxygen atoms in total. The van der Waals surface area contributed by atoms with Crippen molar-refractivity contribution in [3.05, 3.63) is 29.8 Å². The third kappa shape index (κ3) is 4.22. The summed E-state index contributed by atoms with van der Waals surface area (Å²) in [7, 11) is 0. The van der Waals surface area contributed by atoms with Gasteiger partial charge in [0.15, 0.2) is 0 Å². The van der Waals surface area contributed by atoms with Crippen LogP contribution in [0.25, 0.3) is 0 Å². The number of rotatable bonds is 7. The summed E-state index contributed by atoms with van der Waals surface area (Å²) in [6, 6.07) is 9.30. The Kier molecular flexibility index (Phi) is 5.44. The largest absolute Gasteiger partial charge is 0.491 e. The topological polar surface area (TPSA) is 30.5 Å². The van der Waals surface area contributed by atoms with Crippen molar-refractivity contribution < 1.29 is 9.47 Å². The lowest BCUT2D eigenvalue weighted by molar-refractivity contribution is -0.0120. The first kappa shape index (κ1) is 15.3. The molecule has 2 rings (SSSR count). The van der Waals surface area contributed by atoms with Gasteiger partial charge in [0.1, 0.15) is 5.75 Å². The summed E-state index contributed by atoms with van der Waals surface area (Å²) in [6.07, 6.45) is 2.92. The fraction of sp³-hybridized carbons (Fsp3) is 0.647. The van der Waals surface area contributed by atoms with Crippen LogP contribution in [0, 0.1) is 0 Å². The van der Waals surface area contributed by atoms with Crippen LogP contribution in [0.3, 0.4) is 0 Å². The molecule has 0 spiro atoms. The zero-order chi connectivity index (χ0) is 14.5. The van der Waals surface area contributed by atoms with E-state index >= 15 is 0 Å². The minimum absolute atomic E-state index is 0.215. The molecule has 1 aromatic rings. The quantitative estimate of drug-likeness (QED) is 0.824. The molecule has 20 heavy (non-hydrogen) atoms. The van der Waals surface area contributed by atoms with Crippen molar-refractivity contribution in [2.45, 2.75) is 64.8 Å². The lowest BCUT2D eigenvalue weighted by Crippen LogP contribution is -2.46. The Hall–Kier alpha value is -1.06. The molecule has 0 amide bonds. The van der Waals surface area contributed by atoms with E-state index in [1.165, 1.54) is 5.56 Å². The molecule has 0 aromatic heterocycles. The predicted molar refractivity (Wildman–Crippen MR) is 82.2 cm³/mol. The standard InChI is InChI=1S/C17H27NO2/c1-5-19-17-10-15(11-17)18-13(4)14-7-6-8-16(9-14)20-12(2)3/h6-9,12-13,15,17-18H,5,10-11H2,1-4H3. The Balaban J connectivity index is 1.85. The van der Waals surface area contributed by atoms with Crippen molar-refractivity contribution in [1.29, 1.82) is 0 Å². The van der Waals surface area contributed by atoms with Crippen LogP contribution in [-0.2, 0) is 4.74 Å². The lowest BCUT2D eigenvalue weighted by atomic mass is 9.88. The summed E-state index contributed by atoms with van der Waals surface area (Å²) in [6.45, 7) is 9.20. The van der Waals surface area contributed by atoms with Gasteiger partial charge < -0.3 is 14.8 Å². The number of nitrogens with one attached hydrogen (secondary N) is 1. The van der Waals surface area contributed by atoms with Gasteiger partial charge in [-0.05, 0) is 58.2 Å². The van der Waals surface area contributed by atoms with Crippen LogP contribution in [0.2, 0.25) is 0 Å². The molecule has 0 radical (unpaired) electrons. The van der Waals surface area contributed by atoms with Gasteiger partial charge >= 0.3 is 0 Å². The van der Waals surface area contributed by atoms with Crippen molar-refractivity contribution >= 4 is 0 Å². The van der Waals surface area contributed by atoms with Crippen LogP contribution in [0.15, 0.2) is 24.3 Å². The van der Waals surface area contributed by atoms with Crippen molar-refractivity contribution in [3.8, 4) is 5.75 Å². The molecular weight excluding hydrogens is 250 g/mol. The van der Waals surface area contributed by atoms with Crippen LogP contribution in [0.4, 0.5) is 0 Å². The summed E-state index contributed by atoms with van der Waals surface area (Å²) >= 11 is 0. The van der Waals surface area contributed by atoms with Gasteiger partial charge in [-0.3, -0.25) is 0 Å². The fourth-order valence-corrected chi connectivity index (χ4v) is 2.65. The summed E-state index contributed by atoms with van der Waals surface area (Å²) in [5, 5.41) is 3.67. The van der Waals surface area contributed by atoms with E-state index in [2.05, 4.69) is 51.2 Å². The van der Waals surface area contributed by atoms with Gasteiger partial charge in [-0.1, -0.05) is 12.1 Å². The summed E-state index contributed by atoms with van der Waals surface area (Å²) in [4.78, 5) is 0. The minimum atomic E-state index is 0.215. The van der Waals surface area contributed by atoms with Gasteiger partial charge in [-0.25, -0.2) is 0 Å². The molecule has 1 N–H and O–H groups in total. The van der Waals surface area contributed by atoms with Crippen molar-refractivity contribution in [3.63, 3.8) is 0 Å². The summed E-state index contributed by atoms with van der Waals surface area (Å²) in [5.41, 5.74) is 1.28. The van der Waals surface area contributed by atoms with E-state index in [-0.39, 0.29) is 6.10 Å². The average Bonchev–Trinajstić information content (AvgIpc) is 2.35. The molecule has 112 valence electrons. The molecular formula is C17H27NO2. The number of ether oxygens (including phenoxy) is 2. The monoisotopic (exact) mass is 277 g/mol. The molecule has 1 aliphatic carbocycles. The van der Waals surface area contributed by atoms with Crippen LogP contribution in [0.5, 0.6) is 5.75 Å². The zero-order valence-electron chi connectivity index (χ0n) is 13.1. The first-order valence-corrected chi connectivity index (χ1v) is 7.72. The first-order chi connectivity index (χ1) is 9.58. The highest BCUT2D eigenvalue weighted by Crippen LogP contribution is 2.27. The molecule has 0 saturated heterocycles. The van der Waals surface area contributed by atoms with Crippen LogP contribution in [0.1, 0.15) is 52.1 Å². The average molecular weight is 277 g/mol. The molecule has 0 bridgehead atoms. The molecule has 0 aliphatic heterocycles. The van der Waals surface area contributed by atoms with E-state index < -0.39 is 0 Å². The molecule has 1 atom stereocenters. The highest BCUT2D eigenvalue weighted by molar-refractivity contribution is 5.30. The van der Waals surface area contributed by atoms with E-state index in [1.807, 2.05) is 6.07 Å². The first-order valence-electron chi connectivity index (χ1n) is 7.72. The van der Waals surface area contributed by atoms with E-state index in [9.17, 15) is 0 Å². The zero-order valence-corrected chi connectivity index (χ0v) is 13.1. The Labute approximate surface area is 122 Å². The van der Waals surface area contributed by atoms with Gasteiger partial charge in [-0.15, -0.1) is 0 Å². The van der Waals surface area contributed by atoms with Crippen molar-refractivity contribution in [2.24, 2.45) is 0 Å². The number of hydrogen-bond donors (Lipinski definition) is 1. The van der Waals surface area contributed by atoms with Crippen LogP contribution >= 0.6 is 0 Å². The smallest absolute Gasteiger partial charge is 0.120 e. The van der Waals surface area contributed by atoms with Gasteiger partial charge in [0.2, 0.25) is 0 Å². The number of hydrogen-bond acceptors (Lipinski definition) is 3. The summed E-state index contributed by atoms with van der Waals surface area (Å²) in [5.74, 6) is 0.951. The van der Waals surface area contributed by atoms with Gasteiger partial charge in [-0.2, -0.15) is 0 Å². The van der Waals surface area contributed by atoms with Gasteiger partial charge in [0, 0.05) is 18.7 Å². The van der Waals surface area contributed by atoms with Gasteiger partial charge in [0.25, 0.3) is 0 Å². The molecule has 1 unspecified atom stereocenters. The van der Waals surface area contributed by atoms with Crippen LogP contribution < -0.4 is 10.1 Å². The second-order valence-electron chi connectivity index (χ2n) is 5.87. The van der Waals surface area contributed by atoms with E-state index in [4.69, 9.17) is 9.47 Å². The highest BCUT2D eigenvalue weighted by Gasteiger charge is 2.30. The summed E-state index contributed by atoms with van der Waals surface area (Å²) < 4.78 is 11.3. The normalized spacial score (nSPS) is 23.4. The van der Waals surface area contributed by atoms with Gasteiger partial charge in [0.05, 0.1) is 12.2 Å². The molecule has 1 aromatic carbocycles. The van der Waals surface area contributed by atoms with Crippen molar-refractivity contribution in [1.82, 2.24) is 5.32 Å². The maximum atomic E-state index is 5.75. The maximum Gasteiger partial charge on any atom is 0.120 e. The predicted octanol–water partition coefficient (Wildman–Crippen LogP) is 3.69. The second-order valence-corrected chi connectivity index (χ2v) is 5.87. The van der Waals surface area contributed by atoms with Crippen molar-refractivity contribution in [2.75, 3.05) is 6.61 Å². The molecule has 1 aliphatic rings. The minimum Gasteiger partial charge on any atom is -0.491 e. The number of benzene rings is 1. The van der Waals surface area contributed by atoms with Crippen LogP contribution in [-0.4, -0.2) is 24.9 Å². The van der Waals surface area contributed by atoms with E-state index in [1.54, 1.807) is 0 Å². The lowest BCUT2D eigenvalue weighted by Gasteiger charge is -2.37. The van der Waals surface area contributed by atoms with E-state index in [0.717, 1.165) is 25.2 Å². The van der Waals surface area contributed by atoms with E-state index in [0.29, 0.717) is 18.2 Å². The molecule has 1 saturated carbocycles. The third-order valence-electron chi connectivity index (χ3n) is 3.71. The molecule has 1 fully saturated rings. The Bertz CT molecular complexity index is 413. The Morgan fingerprint density at radius 3 is 2.65 bits per heavy atom. The second kappa shape index (κ2) is 7.09. The molecule has 3 heteroatoms. The fourth-order valence-electron chi connectivity index (χ4n) is 2.65. The Morgan fingerprint density at radius 2 is 2.00 bits per heavy atom. The Morgan fingerprint density at radius 1 is 1.25 bits per heavy atom. The molecule has 0 heterocycles.